The third kappa shape index (κ3) is 9.11. The first kappa shape index (κ1) is 41.2. The zero-order chi connectivity index (χ0) is 39.0. The number of nitrogens with zero attached hydrogens (tertiary/aromatic N) is 1. The minimum absolute atomic E-state index is 0.0513. The lowest BCUT2D eigenvalue weighted by atomic mass is 9.83. The number of rotatable bonds is 15. The first-order chi connectivity index (χ1) is 24.8. The van der Waals surface area contributed by atoms with Crippen LogP contribution in [0.3, 0.4) is 0 Å². The molecule has 5 fully saturated rings. The summed E-state index contributed by atoms with van der Waals surface area (Å²) in [5.74, 6) is -2.23. The number of carbonyl (C=O) groups excluding carboxylic acids is 5. The Balaban J connectivity index is 1.33. The van der Waals surface area contributed by atoms with Crippen LogP contribution in [-0.4, -0.2) is 103 Å². The van der Waals surface area contributed by atoms with Gasteiger partial charge in [-0.2, -0.15) is 0 Å². The number of sulfone groups is 1. The van der Waals surface area contributed by atoms with E-state index in [1.807, 2.05) is 20.8 Å². The standard InChI is InChI=1S/C39H63N5O8S/c1-8-20-40-33(47)30(45)27(15-14-25-12-13-25)41-32(46)29-28-26(37(28,5)6)23-44(29)34(48)31(36(2,3)4)42-35(49)43-39(16-10-9-11-17-39)24-53(50,51)38(7)18-21-52-22-19-38/h8,25-29,31H,1,9-24H2,2-7H3,(H,40,47)(H,41,46)(H2,42,43,49)/t26-,27-,28-,29-,31+/m0/s1. The molecule has 5 aliphatic rings. The quantitative estimate of drug-likeness (QED) is 0.145. The Morgan fingerprint density at radius 2 is 1.60 bits per heavy atom. The van der Waals surface area contributed by atoms with Gasteiger partial charge in [-0.05, 0) is 74.0 Å². The van der Waals surface area contributed by atoms with E-state index in [1.54, 1.807) is 11.8 Å². The number of nitrogens with one attached hydrogen (secondary N) is 4. The van der Waals surface area contributed by atoms with Crippen LogP contribution >= 0.6 is 0 Å². The predicted molar refractivity (Wildman–Crippen MR) is 201 cm³/mol. The van der Waals surface area contributed by atoms with Crippen LogP contribution in [-0.2, 0) is 33.8 Å². The zero-order valence-electron chi connectivity index (χ0n) is 32.7. The Bertz CT molecular complexity index is 1540. The average Bonchev–Trinajstić information content (AvgIpc) is 3.95. The molecule has 4 N–H and O–H groups in total. The number of likely N-dealkylation sites (tertiary alicyclic amines) is 1. The fraction of sp³-hybridized carbons (Fsp3) is 0.821. The van der Waals surface area contributed by atoms with E-state index in [9.17, 15) is 32.4 Å². The maximum atomic E-state index is 14.6. The number of piperidine rings is 1. The molecule has 0 unspecified atom stereocenters. The fourth-order valence-corrected chi connectivity index (χ4v) is 11.2. The molecule has 0 aromatic rings. The van der Waals surface area contributed by atoms with Gasteiger partial charge in [0, 0.05) is 26.3 Å². The summed E-state index contributed by atoms with van der Waals surface area (Å²) in [7, 11) is -3.63. The smallest absolute Gasteiger partial charge is 0.315 e. The maximum absolute atomic E-state index is 14.6. The van der Waals surface area contributed by atoms with E-state index < -0.39 is 73.2 Å². The van der Waals surface area contributed by atoms with E-state index >= 15 is 0 Å². The fourth-order valence-electron chi connectivity index (χ4n) is 8.97. The van der Waals surface area contributed by atoms with E-state index in [0.717, 1.165) is 32.1 Å². The van der Waals surface area contributed by atoms with Gasteiger partial charge in [-0.25, -0.2) is 13.2 Å². The second kappa shape index (κ2) is 15.6. The molecule has 2 aliphatic heterocycles. The van der Waals surface area contributed by atoms with Gasteiger partial charge in [0.05, 0.1) is 22.1 Å². The molecule has 298 valence electrons. The first-order valence-electron chi connectivity index (χ1n) is 19.7. The SMILES string of the molecule is C=CCNC(=O)C(=O)[C@H](CCC1CC1)NC(=O)[C@@H]1[C@@H]2[C@H](CN1C(=O)[C@@H](NC(=O)NC1(CS(=O)(=O)C3(C)CCOCC3)CCCCC1)C(C)(C)C)C2(C)C. The topological polar surface area (TPSA) is 180 Å². The van der Waals surface area contributed by atoms with Gasteiger partial charge in [0.25, 0.3) is 5.91 Å². The van der Waals surface area contributed by atoms with Crippen LogP contribution in [0.4, 0.5) is 4.79 Å². The second-order valence-corrected chi connectivity index (χ2v) is 20.9. The van der Waals surface area contributed by atoms with E-state index in [2.05, 4.69) is 41.7 Å². The van der Waals surface area contributed by atoms with Crippen LogP contribution in [0.2, 0.25) is 0 Å². The third-order valence-electron chi connectivity index (χ3n) is 12.9. The molecule has 0 spiro atoms. The second-order valence-electron chi connectivity index (χ2n) is 18.4. The Labute approximate surface area is 315 Å². The largest absolute Gasteiger partial charge is 0.381 e. The molecule has 3 saturated carbocycles. The Kier molecular flexibility index (Phi) is 12.1. The molecule has 2 saturated heterocycles. The van der Waals surface area contributed by atoms with Crippen molar-refractivity contribution in [1.29, 1.82) is 0 Å². The lowest BCUT2D eigenvalue weighted by molar-refractivity contribution is -0.145. The van der Waals surface area contributed by atoms with Crippen molar-refractivity contribution in [1.82, 2.24) is 26.2 Å². The average molecular weight is 762 g/mol. The van der Waals surface area contributed by atoms with Crippen molar-refractivity contribution in [2.24, 2.45) is 28.6 Å². The number of urea groups is 1. The molecule has 5 atom stereocenters. The Morgan fingerprint density at radius 3 is 2.19 bits per heavy atom. The number of ether oxygens (including phenoxy) is 1. The van der Waals surface area contributed by atoms with Gasteiger partial charge in [0.1, 0.15) is 12.1 Å². The van der Waals surface area contributed by atoms with E-state index in [-0.39, 0.29) is 29.5 Å². The highest BCUT2D eigenvalue weighted by Crippen LogP contribution is 2.65. The van der Waals surface area contributed by atoms with Crippen LogP contribution < -0.4 is 21.3 Å². The van der Waals surface area contributed by atoms with Crippen LogP contribution in [0.25, 0.3) is 0 Å². The molecule has 2 heterocycles. The molecular weight excluding hydrogens is 699 g/mol. The van der Waals surface area contributed by atoms with Crippen LogP contribution in [0.5, 0.6) is 0 Å². The number of hydrogen-bond donors (Lipinski definition) is 4. The Hall–Kier alpha value is -3.00. The predicted octanol–water partition coefficient (Wildman–Crippen LogP) is 3.42. The van der Waals surface area contributed by atoms with Gasteiger partial charge in [-0.3, -0.25) is 19.2 Å². The summed E-state index contributed by atoms with van der Waals surface area (Å²) in [6.45, 7) is 16.2. The number of ketones is 1. The van der Waals surface area contributed by atoms with E-state index in [0.29, 0.717) is 64.2 Å². The van der Waals surface area contributed by atoms with Crippen molar-refractivity contribution in [2.75, 3.05) is 32.1 Å². The molecule has 0 aromatic heterocycles. The maximum Gasteiger partial charge on any atom is 0.315 e. The van der Waals surface area contributed by atoms with Crippen LogP contribution in [0.15, 0.2) is 12.7 Å². The van der Waals surface area contributed by atoms with Crippen LogP contribution in [0, 0.1) is 28.6 Å². The summed E-state index contributed by atoms with van der Waals surface area (Å²) in [4.78, 5) is 70.3. The van der Waals surface area contributed by atoms with Crippen LogP contribution in [0.1, 0.15) is 112 Å². The molecule has 0 bridgehead atoms. The van der Waals surface area contributed by atoms with E-state index in [4.69, 9.17) is 4.74 Å². The molecular formula is C39H63N5O8S. The van der Waals surface area contributed by atoms with Crippen molar-refractivity contribution in [2.45, 2.75) is 141 Å². The molecule has 5 rings (SSSR count). The van der Waals surface area contributed by atoms with Gasteiger partial charge in [0.15, 0.2) is 9.84 Å². The van der Waals surface area contributed by atoms with Gasteiger partial charge >= 0.3 is 6.03 Å². The van der Waals surface area contributed by atoms with Crippen molar-refractivity contribution < 1.29 is 37.1 Å². The molecule has 14 heteroatoms. The first-order valence-corrected chi connectivity index (χ1v) is 21.3. The minimum Gasteiger partial charge on any atom is -0.381 e. The number of amides is 5. The number of hydrogen-bond acceptors (Lipinski definition) is 8. The van der Waals surface area contributed by atoms with Crippen molar-refractivity contribution >= 4 is 39.4 Å². The molecule has 53 heavy (non-hydrogen) atoms. The van der Waals surface area contributed by atoms with Crippen molar-refractivity contribution in [3.8, 4) is 0 Å². The highest BCUT2D eigenvalue weighted by atomic mass is 32.2. The summed E-state index contributed by atoms with van der Waals surface area (Å²) in [6, 6.07) is -3.57. The lowest BCUT2D eigenvalue weighted by Crippen LogP contribution is -2.64. The van der Waals surface area contributed by atoms with Crippen molar-refractivity contribution in [3.63, 3.8) is 0 Å². The monoisotopic (exact) mass is 761 g/mol. The number of fused-ring (bicyclic) bond motifs is 1. The molecule has 3 aliphatic carbocycles. The van der Waals surface area contributed by atoms with Gasteiger partial charge in [0.2, 0.25) is 17.6 Å². The summed E-state index contributed by atoms with van der Waals surface area (Å²) >= 11 is 0. The summed E-state index contributed by atoms with van der Waals surface area (Å²) in [5, 5.41) is 11.4. The summed E-state index contributed by atoms with van der Waals surface area (Å²) in [6.07, 6.45) is 8.96. The molecule has 5 amide bonds. The Morgan fingerprint density at radius 1 is 0.962 bits per heavy atom. The number of Topliss-reactive ketones (excluding diaryl/α,β-unsaturated/α-hetero) is 1. The minimum atomic E-state index is -3.63. The van der Waals surface area contributed by atoms with Gasteiger partial charge in [-0.1, -0.05) is 72.8 Å². The molecule has 0 aromatic carbocycles. The molecule has 13 nitrogen and oxygen atoms in total. The highest BCUT2D eigenvalue weighted by Gasteiger charge is 2.70. The van der Waals surface area contributed by atoms with Gasteiger partial charge < -0.3 is 30.9 Å². The number of carbonyl (C=O) groups is 5. The highest BCUT2D eigenvalue weighted by molar-refractivity contribution is 7.92. The van der Waals surface area contributed by atoms with Gasteiger partial charge in [-0.15, -0.1) is 6.58 Å². The zero-order valence-corrected chi connectivity index (χ0v) is 33.5. The normalized spacial score (nSPS) is 27.0. The van der Waals surface area contributed by atoms with E-state index in [1.165, 1.54) is 6.08 Å². The van der Waals surface area contributed by atoms with Crippen molar-refractivity contribution in [3.05, 3.63) is 12.7 Å². The summed E-state index contributed by atoms with van der Waals surface area (Å²) in [5.41, 5.74) is -1.96. The third-order valence-corrected chi connectivity index (χ3v) is 15.8. The molecule has 0 radical (unpaired) electrons. The lowest BCUT2D eigenvalue weighted by Gasteiger charge is -2.42. The summed E-state index contributed by atoms with van der Waals surface area (Å²) < 4.78 is 32.4.